The monoisotopic (exact) mass is 244 g/mol. The summed E-state index contributed by atoms with van der Waals surface area (Å²) in [6.45, 7) is 4.50. The fourth-order valence-corrected chi connectivity index (χ4v) is 2.96. The van der Waals surface area contributed by atoms with Gasteiger partial charge in [0, 0.05) is 0 Å². The first-order chi connectivity index (χ1) is 7.42. The molecule has 94 valence electrons. The van der Waals surface area contributed by atoms with E-state index in [9.17, 15) is 9.90 Å². The maximum absolute atomic E-state index is 11.5. The van der Waals surface area contributed by atoms with Crippen LogP contribution in [0.1, 0.15) is 52.4 Å². The summed E-state index contributed by atoms with van der Waals surface area (Å²) >= 11 is 1.81. The molecular weight excluding hydrogens is 220 g/mol. The van der Waals surface area contributed by atoms with Gasteiger partial charge in [-0.1, -0.05) is 13.8 Å². The zero-order valence-electron chi connectivity index (χ0n) is 10.7. The van der Waals surface area contributed by atoms with Crippen molar-refractivity contribution < 1.29 is 9.90 Å². The lowest BCUT2D eigenvalue weighted by Crippen LogP contribution is -2.37. The van der Waals surface area contributed by atoms with E-state index in [1.807, 2.05) is 11.8 Å². The second-order valence-corrected chi connectivity index (χ2v) is 6.83. The minimum absolute atomic E-state index is 0.346. The lowest BCUT2D eigenvalue weighted by Gasteiger charge is -2.41. The summed E-state index contributed by atoms with van der Waals surface area (Å²) in [6, 6.07) is 0. The molecule has 0 unspecified atom stereocenters. The third kappa shape index (κ3) is 3.41. The number of thioether (sulfide) groups is 1. The standard InChI is InChI=1S/C13H24O2S/c1-12(2)6-8-13(9-7-12,11(14)15)5-4-10-16-3/h4-10H2,1-3H3,(H,14,15). The number of aliphatic carboxylic acids is 1. The van der Waals surface area contributed by atoms with Crippen LogP contribution < -0.4 is 0 Å². The highest BCUT2D eigenvalue weighted by molar-refractivity contribution is 7.98. The van der Waals surface area contributed by atoms with Crippen molar-refractivity contribution in [2.24, 2.45) is 10.8 Å². The normalized spacial score (nSPS) is 22.9. The van der Waals surface area contributed by atoms with E-state index in [0.717, 1.165) is 44.3 Å². The Kier molecular flexibility index (Phi) is 4.72. The maximum atomic E-state index is 11.5. The molecule has 1 saturated carbocycles. The number of rotatable bonds is 5. The van der Waals surface area contributed by atoms with Crippen molar-refractivity contribution in [1.82, 2.24) is 0 Å². The van der Waals surface area contributed by atoms with Gasteiger partial charge >= 0.3 is 5.97 Å². The number of hydrogen-bond acceptors (Lipinski definition) is 2. The van der Waals surface area contributed by atoms with Crippen molar-refractivity contribution >= 4 is 17.7 Å². The van der Waals surface area contributed by atoms with E-state index in [1.165, 1.54) is 0 Å². The van der Waals surface area contributed by atoms with Crippen LogP contribution in [0.15, 0.2) is 0 Å². The molecule has 3 heteroatoms. The molecule has 1 aliphatic rings. The van der Waals surface area contributed by atoms with Crippen LogP contribution in [0.3, 0.4) is 0 Å². The minimum Gasteiger partial charge on any atom is -0.481 e. The van der Waals surface area contributed by atoms with E-state index in [0.29, 0.717) is 5.41 Å². The van der Waals surface area contributed by atoms with Crippen LogP contribution in [-0.2, 0) is 4.79 Å². The van der Waals surface area contributed by atoms with Gasteiger partial charge in [0.05, 0.1) is 5.41 Å². The topological polar surface area (TPSA) is 37.3 Å². The highest BCUT2D eigenvalue weighted by Gasteiger charge is 2.43. The molecule has 0 heterocycles. The minimum atomic E-state index is -0.566. The molecule has 0 aliphatic heterocycles. The van der Waals surface area contributed by atoms with E-state index in [4.69, 9.17) is 0 Å². The van der Waals surface area contributed by atoms with Crippen molar-refractivity contribution in [3.05, 3.63) is 0 Å². The van der Waals surface area contributed by atoms with Gasteiger partial charge in [-0.05, 0) is 55.9 Å². The van der Waals surface area contributed by atoms with E-state index >= 15 is 0 Å². The van der Waals surface area contributed by atoms with Crippen molar-refractivity contribution in [2.75, 3.05) is 12.0 Å². The SMILES string of the molecule is CSCCCC1(C(=O)O)CCC(C)(C)CC1. The van der Waals surface area contributed by atoms with Crippen LogP contribution in [0.5, 0.6) is 0 Å². The molecule has 0 aromatic rings. The van der Waals surface area contributed by atoms with Crippen LogP contribution in [0.25, 0.3) is 0 Å². The van der Waals surface area contributed by atoms with Crippen LogP contribution in [0.2, 0.25) is 0 Å². The Bertz CT molecular complexity index is 238. The van der Waals surface area contributed by atoms with Crippen LogP contribution in [0.4, 0.5) is 0 Å². The largest absolute Gasteiger partial charge is 0.481 e. The molecule has 0 aromatic carbocycles. The number of carboxylic acid groups (broad SMARTS) is 1. The fraction of sp³-hybridized carbons (Fsp3) is 0.923. The van der Waals surface area contributed by atoms with E-state index in [2.05, 4.69) is 20.1 Å². The van der Waals surface area contributed by atoms with Crippen LogP contribution in [-0.4, -0.2) is 23.1 Å². The predicted octanol–water partition coefficient (Wildman–Crippen LogP) is 3.80. The average Bonchev–Trinajstić information content (AvgIpc) is 2.21. The Labute approximate surface area is 103 Å². The Balaban J connectivity index is 2.58. The molecule has 2 nitrogen and oxygen atoms in total. The Morgan fingerprint density at radius 2 is 1.81 bits per heavy atom. The summed E-state index contributed by atoms with van der Waals surface area (Å²) in [5.74, 6) is 0.516. The molecule has 0 aromatic heterocycles. The Morgan fingerprint density at radius 3 is 2.25 bits per heavy atom. The first-order valence-electron chi connectivity index (χ1n) is 6.14. The molecule has 1 fully saturated rings. The Hall–Kier alpha value is -0.180. The van der Waals surface area contributed by atoms with Gasteiger partial charge in [0.2, 0.25) is 0 Å². The summed E-state index contributed by atoms with van der Waals surface area (Å²) in [6.07, 6.45) is 7.81. The van der Waals surface area contributed by atoms with Gasteiger partial charge in [-0.3, -0.25) is 4.79 Å². The number of carboxylic acids is 1. The molecule has 0 amide bonds. The molecule has 0 spiro atoms. The van der Waals surface area contributed by atoms with E-state index < -0.39 is 11.4 Å². The molecule has 16 heavy (non-hydrogen) atoms. The van der Waals surface area contributed by atoms with E-state index in [1.54, 1.807) is 0 Å². The molecule has 0 bridgehead atoms. The van der Waals surface area contributed by atoms with Crippen LogP contribution >= 0.6 is 11.8 Å². The third-order valence-corrected chi connectivity index (χ3v) is 4.72. The molecule has 1 N–H and O–H groups in total. The quantitative estimate of drug-likeness (QED) is 0.747. The fourth-order valence-electron chi connectivity index (χ4n) is 2.53. The molecular formula is C13H24O2S. The highest BCUT2D eigenvalue weighted by atomic mass is 32.2. The second-order valence-electron chi connectivity index (χ2n) is 5.85. The van der Waals surface area contributed by atoms with E-state index in [-0.39, 0.29) is 0 Å². The summed E-state index contributed by atoms with van der Waals surface area (Å²) in [4.78, 5) is 11.5. The lowest BCUT2D eigenvalue weighted by molar-refractivity contribution is -0.153. The van der Waals surface area contributed by atoms with Gasteiger partial charge in [-0.15, -0.1) is 0 Å². The molecule has 0 saturated heterocycles. The van der Waals surface area contributed by atoms with Gasteiger partial charge in [-0.2, -0.15) is 11.8 Å². The number of carbonyl (C=O) groups is 1. The first kappa shape index (κ1) is 13.9. The van der Waals surface area contributed by atoms with Gasteiger partial charge < -0.3 is 5.11 Å². The second kappa shape index (κ2) is 5.44. The zero-order chi connectivity index (χ0) is 12.2. The summed E-state index contributed by atoms with van der Waals surface area (Å²) in [7, 11) is 0. The molecule has 0 radical (unpaired) electrons. The zero-order valence-corrected chi connectivity index (χ0v) is 11.5. The maximum Gasteiger partial charge on any atom is 0.309 e. The smallest absolute Gasteiger partial charge is 0.309 e. The molecule has 0 atom stereocenters. The van der Waals surface area contributed by atoms with Crippen molar-refractivity contribution in [3.63, 3.8) is 0 Å². The summed E-state index contributed by atoms with van der Waals surface area (Å²) in [5.41, 5.74) is -0.0658. The Morgan fingerprint density at radius 1 is 1.25 bits per heavy atom. The molecule has 1 aliphatic carbocycles. The average molecular weight is 244 g/mol. The summed E-state index contributed by atoms with van der Waals surface area (Å²) < 4.78 is 0. The summed E-state index contributed by atoms with van der Waals surface area (Å²) in [5, 5.41) is 9.45. The third-order valence-electron chi connectivity index (χ3n) is 4.02. The first-order valence-corrected chi connectivity index (χ1v) is 7.54. The number of hydrogen-bond donors (Lipinski definition) is 1. The molecule has 1 rings (SSSR count). The predicted molar refractivity (Wildman–Crippen MR) is 69.9 cm³/mol. The highest BCUT2D eigenvalue weighted by Crippen LogP contribution is 2.47. The van der Waals surface area contributed by atoms with Gasteiger partial charge in [0.1, 0.15) is 0 Å². The van der Waals surface area contributed by atoms with Gasteiger partial charge in [0.25, 0.3) is 0 Å². The van der Waals surface area contributed by atoms with Gasteiger partial charge in [-0.25, -0.2) is 0 Å². The van der Waals surface area contributed by atoms with Crippen LogP contribution in [0, 0.1) is 10.8 Å². The van der Waals surface area contributed by atoms with Crippen molar-refractivity contribution in [1.29, 1.82) is 0 Å². The lowest BCUT2D eigenvalue weighted by atomic mass is 9.63. The van der Waals surface area contributed by atoms with Crippen molar-refractivity contribution in [2.45, 2.75) is 52.4 Å². The van der Waals surface area contributed by atoms with Crippen molar-refractivity contribution in [3.8, 4) is 0 Å². The van der Waals surface area contributed by atoms with Gasteiger partial charge in [0.15, 0.2) is 0 Å².